The Kier molecular flexibility index (Phi) is 3.19. The number of hydrogen-bond donors (Lipinski definition) is 0. The third-order valence-corrected chi connectivity index (χ3v) is 2.94. The van der Waals surface area contributed by atoms with Gasteiger partial charge in [-0.05, 0) is 11.1 Å². The van der Waals surface area contributed by atoms with Gasteiger partial charge in [0.15, 0.2) is 0 Å². The van der Waals surface area contributed by atoms with E-state index in [1.165, 1.54) is 11.1 Å². The molecule has 1 aromatic carbocycles. The Morgan fingerprint density at radius 2 is 2.00 bits per heavy atom. The molecule has 0 saturated heterocycles. The Balaban J connectivity index is 2.08. The molecule has 0 N–H and O–H groups in total. The van der Waals surface area contributed by atoms with Gasteiger partial charge in [0.2, 0.25) is 0 Å². The molecule has 0 aromatic heterocycles. The van der Waals surface area contributed by atoms with E-state index in [1.54, 1.807) is 7.11 Å². The van der Waals surface area contributed by atoms with E-state index in [0.717, 1.165) is 19.7 Å². The van der Waals surface area contributed by atoms with E-state index in [2.05, 4.69) is 35.7 Å². The van der Waals surface area contributed by atoms with Crippen LogP contribution in [0, 0.1) is 0 Å². The number of nitrogens with zero attached hydrogens (tertiary/aromatic N) is 1. The van der Waals surface area contributed by atoms with Gasteiger partial charge >= 0.3 is 0 Å². The normalized spacial score (nSPS) is 17.4. The first-order valence-electron chi connectivity index (χ1n) is 5.27. The fourth-order valence-electron chi connectivity index (χ4n) is 2.09. The van der Waals surface area contributed by atoms with Crippen LogP contribution in [0.2, 0.25) is 0 Å². The van der Waals surface area contributed by atoms with Crippen LogP contribution in [-0.2, 0) is 17.8 Å². The predicted molar refractivity (Wildman–Crippen MR) is 61.6 cm³/mol. The van der Waals surface area contributed by atoms with Gasteiger partial charge in [0.25, 0.3) is 0 Å². The highest BCUT2D eigenvalue weighted by atomic mass is 16.5. The topological polar surface area (TPSA) is 12.5 Å². The highest BCUT2D eigenvalue weighted by Gasteiger charge is 2.23. The summed E-state index contributed by atoms with van der Waals surface area (Å²) in [7, 11) is 1.74. The third kappa shape index (κ3) is 2.11. The van der Waals surface area contributed by atoms with E-state index in [-0.39, 0.29) is 0 Å². The smallest absolute Gasteiger partial charge is 0.0654 e. The van der Waals surface area contributed by atoms with Crippen molar-refractivity contribution in [3.8, 4) is 0 Å². The first-order chi connectivity index (χ1) is 7.35. The lowest BCUT2D eigenvalue weighted by molar-refractivity contribution is 0.112. The molecule has 0 bridgehead atoms. The Labute approximate surface area is 91.2 Å². The molecule has 0 fully saturated rings. The average Bonchev–Trinajstić information content (AvgIpc) is 2.69. The Hall–Kier alpha value is -1.12. The minimum Gasteiger partial charge on any atom is -0.383 e. The van der Waals surface area contributed by atoms with E-state index in [9.17, 15) is 0 Å². The van der Waals surface area contributed by atoms with Crippen LogP contribution in [-0.4, -0.2) is 24.7 Å². The molecule has 15 heavy (non-hydrogen) atoms. The molecule has 0 aliphatic carbocycles. The molecule has 1 aromatic rings. The van der Waals surface area contributed by atoms with E-state index in [4.69, 9.17) is 4.74 Å². The summed E-state index contributed by atoms with van der Waals surface area (Å²) >= 11 is 0. The van der Waals surface area contributed by atoms with Crippen molar-refractivity contribution in [3.05, 3.63) is 48.0 Å². The lowest BCUT2D eigenvalue weighted by Crippen LogP contribution is -2.32. The van der Waals surface area contributed by atoms with E-state index in [0.29, 0.717) is 6.04 Å². The van der Waals surface area contributed by atoms with Gasteiger partial charge in [0.1, 0.15) is 0 Å². The van der Waals surface area contributed by atoms with Gasteiger partial charge in [-0.15, -0.1) is 6.58 Å². The van der Waals surface area contributed by atoms with Gasteiger partial charge in [0.05, 0.1) is 12.6 Å². The van der Waals surface area contributed by atoms with Crippen LogP contribution in [0.25, 0.3) is 0 Å². The van der Waals surface area contributed by atoms with Gasteiger partial charge in [-0.2, -0.15) is 0 Å². The molecule has 0 amide bonds. The van der Waals surface area contributed by atoms with Crippen molar-refractivity contribution in [1.82, 2.24) is 4.90 Å². The maximum atomic E-state index is 5.19. The van der Waals surface area contributed by atoms with Crippen molar-refractivity contribution >= 4 is 0 Å². The second kappa shape index (κ2) is 4.60. The summed E-state index contributed by atoms with van der Waals surface area (Å²) in [5, 5.41) is 0. The lowest BCUT2D eigenvalue weighted by atomic mass is 10.1. The quantitative estimate of drug-likeness (QED) is 0.696. The van der Waals surface area contributed by atoms with Crippen LogP contribution < -0.4 is 0 Å². The summed E-state index contributed by atoms with van der Waals surface area (Å²) in [5.74, 6) is 0. The summed E-state index contributed by atoms with van der Waals surface area (Å²) in [6.45, 7) is 6.61. The highest BCUT2D eigenvalue weighted by molar-refractivity contribution is 5.30. The van der Waals surface area contributed by atoms with Crippen LogP contribution in [0.15, 0.2) is 36.9 Å². The molecule has 2 rings (SSSR count). The molecule has 2 nitrogen and oxygen atoms in total. The summed E-state index contributed by atoms with van der Waals surface area (Å²) in [4.78, 5) is 2.39. The lowest BCUT2D eigenvalue weighted by Gasteiger charge is -2.23. The molecule has 1 atom stereocenters. The molecular formula is C13H17NO. The van der Waals surface area contributed by atoms with Crippen molar-refractivity contribution in [2.45, 2.75) is 19.1 Å². The Morgan fingerprint density at radius 1 is 1.40 bits per heavy atom. The van der Waals surface area contributed by atoms with Crippen molar-refractivity contribution in [3.63, 3.8) is 0 Å². The minimum atomic E-state index is 0.322. The largest absolute Gasteiger partial charge is 0.383 e. The van der Waals surface area contributed by atoms with E-state index in [1.807, 2.05) is 6.08 Å². The second-order valence-electron chi connectivity index (χ2n) is 3.93. The summed E-state index contributed by atoms with van der Waals surface area (Å²) in [5.41, 5.74) is 2.86. The van der Waals surface area contributed by atoms with Gasteiger partial charge in [-0.25, -0.2) is 0 Å². The van der Waals surface area contributed by atoms with Gasteiger partial charge < -0.3 is 4.74 Å². The summed E-state index contributed by atoms with van der Waals surface area (Å²) in [6, 6.07) is 8.91. The Morgan fingerprint density at radius 3 is 2.47 bits per heavy atom. The second-order valence-corrected chi connectivity index (χ2v) is 3.93. The van der Waals surface area contributed by atoms with Crippen LogP contribution in [0.3, 0.4) is 0 Å². The average molecular weight is 203 g/mol. The predicted octanol–water partition coefficient (Wildman–Crippen LogP) is 2.20. The van der Waals surface area contributed by atoms with Crippen LogP contribution >= 0.6 is 0 Å². The van der Waals surface area contributed by atoms with Crippen molar-refractivity contribution in [2.24, 2.45) is 0 Å². The van der Waals surface area contributed by atoms with Gasteiger partial charge in [-0.1, -0.05) is 30.3 Å². The SMILES string of the molecule is C=CC(COC)N1Cc2ccccc2C1. The molecule has 0 spiro atoms. The fourth-order valence-corrected chi connectivity index (χ4v) is 2.09. The maximum absolute atomic E-state index is 5.19. The zero-order chi connectivity index (χ0) is 10.7. The standard InChI is InChI=1S/C13H17NO/c1-3-13(10-15-2)14-8-11-6-4-5-7-12(11)9-14/h3-7,13H,1,8-10H2,2H3. The summed E-state index contributed by atoms with van der Waals surface area (Å²) < 4.78 is 5.19. The first-order valence-corrected chi connectivity index (χ1v) is 5.27. The van der Waals surface area contributed by atoms with Crippen LogP contribution in [0.4, 0.5) is 0 Å². The third-order valence-electron chi connectivity index (χ3n) is 2.94. The minimum absolute atomic E-state index is 0.322. The monoisotopic (exact) mass is 203 g/mol. The van der Waals surface area contributed by atoms with E-state index >= 15 is 0 Å². The number of benzene rings is 1. The van der Waals surface area contributed by atoms with Crippen molar-refractivity contribution in [1.29, 1.82) is 0 Å². The number of hydrogen-bond acceptors (Lipinski definition) is 2. The molecule has 1 unspecified atom stereocenters. The number of methoxy groups -OCH3 is 1. The molecule has 0 saturated carbocycles. The number of ether oxygens (including phenoxy) is 1. The van der Waals surface area contributed by atoms with Gasteiger partial charge in [-0.3, -0.25) is 4.90 Å². The molecule has 2 heteroatoms. The Bertz CT molecular complexity index is 323. The molecular weight excluding hydrogens is 186 g/mol. The fraction of sp³-hybridized carbons (Fsp3) is 0.385. The number of rotatable bonds is 4. The zero-order valence-electron chi connectivity index (χ0n) is 9.15. The molecule has 1 aliphatic rings. The molecule has 1 aliphatic heterocycles. The van der Waals surface area contributed by atoms with Gasteiger partial charge in [0, 0.05) is 20.2 Å². The van der Waals surface area contributed by atoms with Crippen molar-refractivity contribution in [2.75, 3.05) is 13.7 Å². The summed E-state index contributed by atoms with van der Waals surface area (Å²) in [6.07, 6.45) is 1.97. The number of fused-ring (bicyclic) bond motifs is 1. The highest BCUT2D eigenvalue weighted by Crippen LogP contribution is 2.24. The first kappa shape index (κ1) is 10.4. The zero-order valence-corrected chi connectivity index (χ0v) is 9.15. The molecule has 1 heterocycles. The maximum Gasteiger partial charge on any atom is 0.0654 e. The van der Waals surface area contributed by atoms with Crippen LogP contribution in [0.5, 0.6) is 0 Å². The molecule has 80 valence electrons. The van der Waals surface area contributed by atoms with Crippen LogP contribution in [0.1, 0.15) is 11.1 Å². The van der Waals surface area contributed by atoms with E-state index < -0.39 is 0 Å². The van der Waals surface area contributed by atoms with Crippen molar-refractivity contribution < 1.29 is 4.74 Å². The molecule has 0 radical (unpaired) electrons.